The number of methoxy groups -OCH3 is 1. The smallest absolute Gasteiger partial charge is 0.338 e. The van der Waals surface area contributed by atoms with Crippen LogP contribution >= 0.6 is 11.3 Å². The first-order valence-corrected chi connectivity index (χ1v) is 13.8. The Hall–Kier alpha value is -4.76. The molecule has 0 bridgehead atoms. The summed E-state index contributed by atoms with van der Waals surface area (Å²) in [6.07, 6.45) is 1.78. The number of nitrogens with zero attached hydrogens (tertiary/aromatic N) is 2. The predicted octanol–water partition coefficient (Wildman–Crippen LogP) is 4.04. The van der Waals surface area contributed by atoms with E-state index in [2.05, 4.69) is 10.3 Å². The maximum Gasteiger partial charge on any atom is 0.338 e. The van der Waals surface area contributed by atoms with Crippen LogP contribution in [-0.4, -0.2) is 30.2 Å². The summed E-state index contributed by atoms with van der Waals surface area (Å²) in [5.74, 6) is -0.248. The molecular formula is C32H29N3O5S. The number of benzene rings is 3. The number of fused-ring (bicyclic) bond motifs is 1. The van der Waals surface area contributed by atoms with Crippen molar-refractivity contribution in [1.82, 2.24) is 4.57 Å². The van der Waals surface area contributed by atoms with E-state index >= 15 is 0 Å². The topological polar surface area (TPSA) is 99.0 Å². The second-order valence-electron chi connectivity index (χ2n) is 9.69. The summed E-state index contributed by atoms with van der Waals surface area (Å²) in [7, 11) is 1.32. The maximum absolute atomic E-state index is 13.6. The number of nitrogens with one attached hydrogen (secondary N) is 1. The van der Waals surface area contributed by atoms with Gasteiger partial charge in [-0.15, -0.1) is 0 Å². The molecule has 1 N–H and O–H groups in total. The Kier molecular flexibility index (Phi) is 7.98. The van der Waals surface area contributed by atoms with Crippen molar-refractivity contribution in [3.8, 4) is 5.75 Å². The van der Waals surface area contributed by atoms with E-state index in [0.717, 1.165) is 27.9 Å². The number of hydrogen-bond donors (Lipinski definition) is 1. The van der Waals surface area contributed by atoms with Gasteiger partial charge in [0.05, 0.1) is 29.0 Å². The third kappa shape index (κ3) is 5.90. The molecule has 0 spiro atoms. The van der Waals surface area contributed by atoms with Gasteiger partial charge in [0, 0.05) is 5.69 Å². The van der Waals surface area contributed by atoms with Crippen LogP contribution in [0.2, 0.25) is 0 Å². The number of esters is 1. The summed E-state index contributed by atoms with van der Waals surface area (Å²) in [4.78, 5) is 43.8. The Labute approximate surface area is 240 Å². The molecule has 5 rings (SSSR count). The zero-order chi connectivity index (χ0) is 29.1. The molecule has 4 aromatic rings. The second kappa shape index (κ2) is 11.8. The minimum atomic E-state index is -0.646. The molecule has 0 fully saturated rings. The van der Waals surface area contributed by atoms with Gasteiger partial charge in [0.2, 0.25) is 0 Å². The minimum absolute atomic E-state index is 0.133. The van der Waals surface area contributed by atoms with Crippen molar-refractivity contribution in [2.75, 3.05) is 19.0 Å². The molecule has 1 aliphatic rings. The third-order valence-corrected chi connectivity index (χ3v) is 7.86. The number of aryl methyl sites for hydroxylation is 2. The number of amides is 1. The molecule has 0 radical (unpaired) electrons. The quantitative estimate of drug-likeness (QED) is 0.340. The van der Waals surface area contributed by atoms with Crippen molar-refractivity contribution in [2.24, 2.45) is 4.99 Å². The van der Waals surface area contributed by atoms with Crippen molar-refractivity contribution in [1.29, 1.82) is 0 Å². The number of carbonyl (C=O) groups excluding carboxylic acids is 2. The minimum Gasteiger partial charge on any atom is -0.484 e. The van der Waals surface area contributed by atoms with E-state index in [1.54, 1.807) is 29.7 Å². The van der Waals surface area contributed by atoms with Gasteiger partial charge in [-0.1, -0.05) is 59.9 Å². The molecule has 1 atom stereocenters. The van der Waals surface area contributed by atoms with Gasteiger partial charge in [-0.05, 0) is 73.4 Å². The van der Waals surface area contributed by atoms with E-state index in [1.165, 1.54) is 18.4 Å². The average molecular weight is 568 g/mol. The predicted molar refractivity (Wildman–Crippen MR) is 159 cm³/mol. The molecule has 41 heavy (non-hydrogen) atoms. The third-order valence-electron chi connectivity index (χ3n) is 6.88. The molecule has 9 heteroatoms. The highest BCUT2D eigenvalue weighted by molar-refractivity contribution is 7.07. The summed E-state index contributed by atoms with van der Waals surface area (Å²) in [5.41, 5.74) is 5.15. The molecule has 208 valence electrons. The van der Waals surface area contributed by atoms with Crippen molar-refractivity contribution in [2.45, 2.75) is 26.8 Å². The summed E-state index contributed by atoms with van der Waals surface area (Å²) in [5, 5.41) is 2.84. The van der Waals surface area contributed by atoms with E-state index in [9.17, 15) is 14.4 Å². The Morgan fingerprint density at radius 1 is 1.00 bits per heavy atom. The molecule has 8 nitrogen and oxygen atoms in total. The van der Waals surface area contributed by atoms with E-state index in [-0.39, 0.29) is 18.1 Å². The lowest BCUT2D eigenvalue weighted by Gasteiger charge is -2.24. The molecule has 0 unspecified atom stereocenters. The Bertz CT molecular complexity index is 1840. The van der Waals surface area contributed by atoms with Gasteiger partial charge in [-0.2, -0.15) is 0 Å². The van der Waals surface area contributed by atoms with Crippen LogP contribution in [-0.2, 0) is 14.3 Å². The average Bonchev–Trinajstić information content (AvgIpc) is 3.27. The molecule has 0 saturated heterocycles. The van der Waals surface area contributed by atoms with Crippen molar-refractivity contribution in [3.05, 3.63) is 126 Å². The summed E-state index contributed by atoms with van der Waals surface area (Å²) in [6, 6.07) is 21.6. The van der Waals surface area contributed by atoms with Crippen LogP contribution in [0.1, 0.15) is 35.2 Å². The van der Waals surface area contributed by atoms with Crippen LogP contribution in [0.15, 0.2) is 93.9 Å². The monoisotopic (exact) mass is 567 g/mol. The largest absolute Gasteiger partial charge is 0.484 e. The fourth-order valence-electron chi connectivity index (χ4n) is 4.62. The number of allylic oxidation sites excluding steroid dienone is 1. The zero-order valence-corrected chi connectivity index (χ0v) is 24.0. The number of carbonyl (C=O) groups is 2. The zero-order valence-electron chi connectivity index (χ0n) is 23.1. The first-order chi connectivity index (χ1) is 19.7. The van der Waals surface area contributed by atoms with Gasteiger partial charge in [0.25, 0.3) is 11.5 Å². The number of aromatic nitrogens is 1. The van der Waals surface area contributed by atoms with Crippen molar-refractivity contribution >= 4 is 35.0 Å². The first kappa shape index (κ1) is 27.8. The number of thiazole rings is 1. The SMILES string of the molecule is COC(=O)C1=C(C)N=c2s/c(=C/c3ccc(OCC(=O)Nc4ccc(C)c(C)c4)cc3)c(=O)n2[C@@H]1c1ccccc1. The number of anilines is 1. The van der Waals surface area contributed by atoms with E-state index in [0.29, 0.717) is 26.4 Å². The first-order valence-electron chi connectivity index (χ1n) is 13.0. The highest BCUT2D eigenvalue weighted by Crippen LogP contribution is 2.30. The van der Waals surface area contributed by atoms with E-state index < -0.39 is 12.0 Å². The molecule has 1 aromatic heterocycles. The standard InChI is InChI=1S/C32H29N3O5S/c1-19-10-13-24(16-20(19)2)34-27(36)18-40-25-14-11-22(12-15-25)17-26-30(37)35-29(23-8-6-5-7-9-23)28(31(38)39-4)21(3)33-32(35)41-26/h5-17,29H,18H2,1-4H3,(H,34,36)/b26-17+/t29-/m1/s1. The van der Waals surface area contributed by atoms with Crippen molar-refractivity contribution < 1.29 is 19.1 Å². The fraction of sp³-hybridized carbons (Fsp3) is 0.188. The summed E-state index contributed by atoms with van der Waals surface area (Å²) < 4.78 is 12.7. The molecule has 1 aliphatic heterocycles. The van der Waals surface area contributed by atoms with Crippen LogP contribution in [0.25, 0.3) is 6.08 Å². The van der Waals surface area contributed by atoms with Crippen LogP contribution in [0.3, 0.4) is 0 Å². The van der Waals surface area contributed by atoms with Crippen molar-refractivity contribution in [3.63, 3.8) is 0 Å². The lowest BCUT2D eigenvalue weighted by Crippen LogP contribution is -2.39. The molecule has 0 saturated carbocycles. The summed E-state index contributed by atoms with van der Waals surface area (Å²) in [6.45, 7) is 5.63. The van der Waals surface area contributed by atoms with Crippen LogP contribution in [0.4, 0.5) is 5.69 Å². The lowest BCUT2D eigenvalue weighted by atomic mass is 9.96. The summed E-state index contributed by atoms with van der Waals surface area (Å²) >= 11 is 1.26. The number of ether oxygens (including phenoxy) is 2. The Morgan fingerprint density at radius 2 is 1.73 bits per heavy atom. The molecular weight excluding hydrogens is 538 g/mol. The van der Waals surface area contributed by atoms with E-state index in [4.69, 9.17) is 9.47 Å². The van der Waals surface area contributed by atoms with Gasteiger partial charge < -0.3 is 14.8 Å². The highest BCUT2D eigenvalue weighted by atomic mass is 32.1. The van der Waals surface area contributed by atoms with Gasteiger partial charge in [0.1, 0.15) is 5.75 Å². The van der Waals surface area contributed by atoms with Gasteiger partial charge >= 0.3 is 5.97 Å². The van der Waals surface area contributed by atoms with Gasteiger partial charge in [0.15, 0.2) is 11.4 Å². The normalized spacial score (nSPS) is 14.7. The second-order valence-corrected chi connectivity index (χ2v) is 10.7. The number of hydrogen-bond acceptors (Lipinski definition) is 7. The number of rotatable bonds is 7. The van der Waals surface area contributed by atoms with E-state index in [1.807, 2.05) is 74.5 Å². The van der Waals surface area contributed by atoms with Gasteiger partial charge in [-0.25, -0.2) is 9.79 Å². The van der Waals surface area contributed by atoms with Crippen LogP contribution in [0, 0.1) is 13.8 Å². The van der Waals surface area contributed by atoms with Crippen LogP contribution < -0.4 is 24.9 Å². The van der Waals surface area contributed by atoms with Gasteiger partial charge in [-0.3, -0.25) is 14.2 Å². The molecule has 0 aliphatic carbocycles. The molecule has 2 heterocycles. The maximum atomic E-state index is 13.6. The van der Waals surface area contributed by atoms with Crippen LogP contribution in [0.5, 0.6) is 5.75 Å². The lowest BCUT2D eigenvalue weighted by molar-refractivity contribution is -0.136. The highest BCUT2D eigenvalue weighted by Gasteiger charge is 2.32. The Morgan fingerprint density at radius 3 is 2.41 bits per heavy atom. The Balaban J connectivity index is 1.37. The molecule has 1 amide bonds. The fourth-order valence-corrected chi connectivity index (χ4v) is 5.67. The molecule has 3 aromatic carbocycles.